The number of aromatic nitrogens is 1. The first kappa shape index (κ1) is 14.1. The van der Waals surface area contributed by atoms with Gasteiger partial charge in [-0.15, -0.1) is 0 Å². The predicted octanol–water partition coefficient (Wildman–Crippen LogP) is 0.151. The molecule has 18 heavy (non-hydrogen) atoms. The van der Waals surface area contributed by atoms with Crippen LogP contribution in [0, 0.1) is 0 Å². The number of ether oxygens (including phenoxy) is 1. The first-order chi connectivity index (χ1) is 8.67. The standard InChI is InChI=1S/C12H17N3O3/c1-2-18-12(17)6-10(15-11(16)7-13)9-4-3-5-14-8-9/h3-5,8,10H,2,6-7,13H2,1H3,(H,15,16)/t10-/m0/s1. The first-order valence-corrected chi connectivity index (χ1v) is 5.72. The molecule has 0 saturated carbocycles. The summed E-state index contributed by atoms with van der Waals surface area (Å²) in [5.74, 6) is -0.697. The van der Waals surface area contributed by atoms with Crippen LogP contribution in [0.4, 0.5) is 0 Å². The van der Waals surface area contributed by atoms with Crippen LogP contribution >= 0.6 is 0 Å². The monoisotopic (exact) mass is 251 g/mol. The van der Waals surface area contributed by atoms with E-state index in [0.29, 0.717) is 6.61 Å². The van der Waals surface area contributed by atoms with E-state index in [0.717, 1.165) is 5.56 Å². The van der Waals surface area contributed by atoms with Crippen molar-refractivity contribution in [2.75, 3.05) is 13.2 Å². The predicted molar refractivity (Wildman–Crippen MR) is 65.4 cm³/mol. The van der Waals surface area contributed by atoms with Gasteiger partial charge in [0.25, 0.3) is 0 Å². The summed E-state index contributed by atoms with van der Waals surface area (Å²) in [5, 5.41) is 2.67. The maximum atomic E-state index is 11.5. The molecule has 1 aromatic heterocycles. The van der Waals surface area contributed by atoms with Crippen LogP contribution in [0.25, 0.3) is 0 Å². The van der Waals surface area contributed by atoms with E-state index in [1.165, 1.54) is 0 Å². The van der Waals surface area contributed by atoms with Gasteiger partial charge in [0.15, 0.2) is 0 Å². The van der Waals surface area contributed by atoms with E-state index >= 15 is 0 Å². The minimum atomic E-state index is -0.464. The number of nitrogens with one attached hydrogen (secondary N) is 1. The molecular formula is C12H17N3O3. The highest BCUT2D eigenvalue weighted by molar-refractivity contribution is 5.79. The second-order valence-corrected chi connectivity index (χ2v) is 3.62. The average molecular weight is 251 g/mol. The molecule has 0 unspecified atom stereocenters. The Morgan fingerprint density at radius 1 is 1.56 bits per heavy atom. The molecule has 6 heteroatoms. The molecule has 1 amide bonds. The summed E-state index contributed by atoms with van der Waals surface area (Å²) in [6, 6.07) is 3.06. The van der Waals surface area contributed by atoms with Crippen LogP contribution < -0.4 is 11.1 Å². The Kier molecular flexibility index (Phi) is 5.79. The molecule has 1 rings (SSSR count). The van der Waals surface area contributed by atoms with E-state index < -0.39 is 6.04 Å². The molecule has 0 aromatic carbocycles. The fourth-order valence-electron chi connectivity index (χ4n) is 1.47. The highest BCUT2D eigenvalue weighted by Gasteiger charge is 2.18. The van der Waals surface area contributed by atoms with E-state index in [9.17, 15) is 9.59 Å². The van der Waals surface area contributed by atoms with E-state index in [2.05, 4.69) is 10.3 Å². The molecular weight excluding hydrogens is 234 g/mol. The molecule has 0 aliphatic carbocycles. The second-order valence-electron chi connectivity index (χ2n) is 3.62. The van der Waals surface area contributed by atoms with Gasteiger partial charge >= 0.3 is 5.97 Å². The number of hydrogen-bond donors (Lipinski definition) is 2. The van der Waals surface area contributed by atoms with Gasteiger partial charge in [-0.25, -0.2) is 0 Å². The van der Waals surface area contributed by atoms with Crippen LogP contribution in [0.3, 0.4) is 0 Å². The highest BCUT2D eigenvalue weighted by atomic mass is 16.5. The van der Waals surface area contributed by atoms with Crippen molar-refractivity contribution >= 4 is 11.9 Å². The molecule has 1 heterocycles. The van der Waals surface area contributed by atoms with Gasteiger partial charge in [-0.3, -0.25) is 14.6 Å². The molecule has 1 atom stereocenters. The van der Waals surface area contributed by atoms with Gasteiger partial charge in [0.2, 0.25) is 5.91 Å². The molecule has 0 aliphatic rings. The van der Waals surface area contributed by atoms with Crippen LogP contribution in [-0.4, -0.2) is 30.0 Å². The van der Waals surface area contributed by atoms with Crippen molar-refractivity contribution in [1.29, 1.82) is 0 Å². The zero-order valence-corrected chi connectivity index (χ0v) is 10.3. The van der Waals surface area contributed by atoms with Crippen LogP contribution in [0.15, 0.2) is 24.5 Å². The smallest absolute Gasteiger partial charge is 0.308 e. The van der Waals surface area contributed by atoms with Gasteiger partial charge in [0, 0.05) is 12.4 Å². The zero-order chi connectivity index (χ0) is 13.4. The normalized spacial score (nSPS) is 11.7. The summed E-state index contributed by atoms with van der Waals surface area (Å²) in [6.07, 6.45) is 3.28. The number of nitrogens with two attached hydrogens (primary N) is 1. The Labute approximate surface area is 106 Å². The van der Waals surface area contributed by atoms with Gasteiger partial charge in [-0.1, -0.05) is 6.07 Å². The number of rotatable bonds is 6. The number of nitrogens with zero attached hydrogens (tertiary/aromatic N) is 1. The number of hydrogen-bond acceptors (Lipinski definition) is 5. The lowest BCUT2D eigenvalue weighted by atomic mass is 10.1. The van der Waals surface area contributed by atoms with E-state index in [4.69, 9.17) is 10.5 Å². The number of amides is 1. The molecule has 6 nitrogen and oxygen atoms in total. The lowest BCUT2D eigenvalue weighted by Gasteiger charge is -2.17. The second kappa shape index (κ2) is 7.39. The third-order valence-electron chi connectivity index (χ3n) is 2.28. The molecule has 0 spiro atoms. The first-order valence-electron chi connectivity index (χ1n) is 5.72. The molecule has 0 saturated heterocycles. The van der Waals surface area contributed by atoms with Gasteiger partial charge < -0.3 is 15.8 Å². The SMILES string of the molecule is CCOC(=O)C[C@H](NC(=O)CN)c1cccnc1. The maximum Gasteiger partial charge on any atom is 0.308 e. The Hall–Kier alpha value is -1.95. The van der Waals surface area contributed by atoms with E-state index in [-0.39, 0.29) is 24.8 Å². The lowest BCUT2D eigenvalue weighted by Crippen LogP contribution is -2.35. The summed E-state index contributed by atoms with van der Waals surface area (Å²) in [7, 11) is 0. The van der Waals surface area contributed by atoms with Crippen LogP contribution in [0.5, 0.6) is 0 Å². The van der Waals surface area contributed by atoms with Crippen molar-refractivity contribution in [2.24, 2.45) is 5.73 Å². The molecule has 0 aliphatic heterocycles. The van der Waals surface area contributed by atoms with Crippen molar-refractivity contribution in [3.05, 3.63) is 30.1 Å². The van der Waals surface area contributed by atoms with Crippen LogP contribution in [-0.2, 0) is 14.3 Å². The summed E-state index contributed by atoms with van der Waals surface area (Å²) in [5.41, 5.74) is 5.99. The number of pyridine rings is 1. The Morgan fingerprint density at radius 2 is 2.33 bits per heavy atom. The van der Waals surface area contributed by atoms with Gasteiger partial charge in [0.05, 0.1) is 25.6 Å². The average Bonchev–Trinajstić information content (AvgIpc) is 2.39. The third kappa shape index (κ3) is 4.50. The molecule has 0 radical (unpaired) electrons. The van der Waals surface area contributed by atoms with Crippen molar-refractivity contribution in [2.45, 2.75) is 19.4 Å². The van der Waals surface area contributed by atoms with Gasteiger partial charge in [-0.2, -0.15) is 0 Å². The summed E-state index contributed by atoms with van der Waals surface area (Å²) in [6.45, 7) is 1.92. The van der Waals surface area contributed by atoms with Crippen LogP contribution in [0.2, 0.25) is 0 Å². The minimum absolute atomic E-state index is 0.0608. The molecule has 1 aromatic rings. The molecule has 0 bridgehead atoms. The lowest BCUT2D eigenvalue weighted by molar-refractivity contribution is -0.143. The van der Waals surface area contributed by atoms with Crippen LogP contribution in [0.1, 0.15) is 24.9 Å². The van der Waals surface area contributed by atoms with Crippen molar-refractivity contribution < 1.29 is 14.3 Å². The minimum Gasteiger partial charge on any atom is -0.466 e. The Balaban J connectivity index is 2.75. The maximum absolute atomic E-state index is 11.5. The third-order valence-corrected chi connectivity index (χ3v) is 2.28. The number of esters is 1. The van der Waals surface area contributed by atoms with Crippen molar-refractivity contribution in [3.63, 3.8) is 0 Å². The summed E-state index contributed by atoms with van der Waals surface area (Å²) < 4.78 is 4.87. The molecule has 3 N–H and O–H groups in total. The summed E-state index contributed by atoms with van der Waals surface area (Å²) >= 11 is 0. The van der Waals surface area contributed by atoms with E-state index in [1.807, 2.05) is 0 Å². The van der Waals surface area contributed by atoms with Gasteiger partial charge in [0.1, 0.15) is 0 Å². The fraction of sp³-hybridized carbons (Fsp3) is 0.417. The Bertz CT molecular complexity index is 395. The largest absolute Gasteiger partial charge is 0.466 e. The van der Waals surface area contributed by atoms with Gasteiger partial charge in [-0.05, 0) is 18.6 Å². The molecule has 0 fully saturated rings. The quantitative estimate of drug-likeness (QED) is 0.702. The highest BCUT2D eigenvalue weighted by Crippen LogP contribution is 2.16. The molecule has 98 valence electrons. The number of carbonyl (C=O) groups excluding carboxylic acids is 2. The summed E-state index contributed by atoms with van der Waals surface area (Å²) in [4.78, 5) is 26.8. The number of carbonyl (C=O) groups is 2. The Morgan fingerprint density at radius 3 is 2.89 bits per heavy atom. The van der Waals surface area contributed by atoms with Crippen molar-refractivity contribution in [1.82, 2.24) is 10.3 Å². The van der Waals surface area contributed by atoms with E-state index in [1.54, 1.807) is 31.5 Å². The van der Waals surface area contributed by atoms with Crippen molar-refractivity contribution in [3.8, 4) is 0 Å². The topological polar surface area (TPSA) is 94.3 Å². The fourth-order valence-corrected chi connectivity index (χ4v) is 1.47. The zero-order valence-electron chi connectivity index (χ0n) is 10.3.